The van der Waals surface area contributed by atoms with Gasteiger partial charge >= 0.3 is 10.2 Å². The molecule has 0 saturated heterocycles. The van der Waals surface area contributed by atoms with Gasteiger partial charge in [-0.15, -0.1) is 0 Å². The van der Waals surface area contributed by atoms with E-state index >= 15 is 0 Å². The number of aryl methyl sites for hydroxylation is 1. The Hall–Kier alpha value is -0.850. The molecular weight excluding hydrogens is 213 g/mol. The highest BCUT2D eigenvalue weighted by molar-refractivity contribution is 8.45. The zero-order valence-electron chi connectivity index (χ0n) is 6.48. The van der Waals surface area contributed by atoms with Gasteiger partial charge in [-0.25, -0.2) is 4.98 Å². The van der Waals surface area contributed by atoms with E-state index in [1.54, 1.807) is 0 Å². The first-order chi connectivity index (χ1) is 5.49. The van der Waals surface area contributed by atoms with Crippen LogP contribution in [0.2, 0.25) is 0 Å². The number of aromatic nitrogens is 1. The smallest absolute Gasteiger partial charge is 0.241 e. The molecule has 0 bridgehead atoms. The maximum Gasteiger partial charge on any atom is 0.325 e. The van der Waals surface area contributed by atoms with Gasteiger partial charge in [0.15, 0.2) is 5.03 Å². The molecule has 1 rings (SSSR count). The van der Waals surface area contributed by atoms with Gasteiger partial charge in [0, 0.05) is 6.20 Å². The molecule has 1 nitrogen and oxygen atoms in total. The third-order valence-corrected chi connectivity index (χ3v) is 2.30. The third-order valence-electron chi connectivity index (χ3n) is 1.29. The van der Waals surface area contributed by atoms with Crippen molar-refractivity contribution in [1.82, 2.24) is 4.98 Å². The summed E-state index contributed by atoms with van der Waals surface area (Å²) < 4.78 is 60.3. The first kappa shape index (κ1) is 10.2. The summed E-state index contributed by atoms with van der Waals surface area (Å²) in [6.07, 6.45) is 0.711. The first-order valence-corrected chi connectivity index (χ1v) is 5.11. The monoisotopic (exact) mass is 219 g/mol. The average molecular weight is 219 g/mol. The molecule has 1 heterocycles. The van der Waals surface area contributed by atoms with E-state index in [1.165, 1.54) is 13.0 Å². The minimum atomic E-state index is -9.57. The van der Waals surface area contributed by atoms with Crippen molar-refractivity contribution in [3.8, 4) is 0 Å². The van der Waals surface area contributed by atoms with E-state index in [-0.39, 0.29) is 5.56 Å². The Bertz CT molecular complexity index is 342. The molecular formula is C6H6F5NS. The van der Waals surface area contributed by atoms with Crippen molar-refractivity contribution in [3.05, 3.63) is 23.9 Å². The minimum absolute atomic E-state index is 0.0956. The van der Waals surface area contributed by atoms with Gasteiger partial charge in [0.25, 0.3) is 0 Å². The van der Waals surface area contributed by atoms with Crippen molar-refractivity contribution in [1.29, 1.82) is 0 Å². The van der Waals surface area contributed by atoms with Crippen molar-refractivity contribution in [3.63, 3.8) is 0 Å². The molecule has 0 radical (unpaired) electrons. The molecule has 13 heavy (non-hydrogen) atoms. The van der Waals surface area contributed by atoms with Crippen LogP contribution in [-0.4, -0.2) is 4.98 Å². The highest BCUT2D eigenvalue weighted by Gasteiger charge is 2.67. The van der Waals surface area contributed by atoms with E-state index in [0.717, 1.165) is 0 Å². The molecule has 0 spiro atoms. The van der Waals surface area contributed by atoms with Crippen LogP contribution in [0.15, 0.2) is 23.4 Å². The first-order valence-electron chi connectivity index (χ1n) is 3.16. The second kappa shape index (κ2) is 1.97. The number of hydrogen-bond acceptors (Lipinski definition) is 1. The van der Waals surface area contributed by atoms with Crippen molar-refractivity contribution in [2.45, 2.75) is 11.9 Å². The molecule has 0 unspecified atom stereocenters. The van der Waals surface area contributed by atoms with E-state index in [2.05, 4.69) is 4.98 Å². The van der Waals surface area contributed by atoms with Crippen molar-refractivity contribution < 1.29 is 19.4 Å². The number of nitrogens with zero attached hydrogens (tertiary/aromatic N) is 1. The number of halogens is 5. The van der Waals surface area contributed by atoms with Gasteiger partial charge in [0.05, 0.1) is 0 Å². The fourth-order valence-electron chi connectivity index (χ4n) is 0.719. The molecule has 0 aromatic carbocycles. The molecule has 7 heteroatoms. The number of rotatable bonds is 1. The Morgan fingerprint density at radius 2 is 1.69 bits per heavy atom. The lowest BCUT2D eigenvalue weighted by atomic mass is 10.3. The van der Waals surface area contributed by atoms with Crippen LogP contribution in [0.1, 0.15) is 5.56 Å². The summed E-state index contributed by atoms with van der Waals surface area (Å²) in [7, 11) is -9.57. The summed E-state index contributed by atoms with van der Waals surface area (Å²) in [6.45, 7) is 1.29. The van der Waals surface area contributed by atoms with Gasteiger partial charge in [0.1, 0.15) is 0 Å². The molecule has 0 saturated carbocycles. The second-order valence-corrected chi connectivity index (χ2v) is 5.00. The summed E-state index contributed by atoms with van der Waals surface area (Å²) in [5.74, 6) is 0. The van der Waals surface area contributed by atoms with E-state index in [4.69, 9.17) is 0 Å². The average Bonchev–Trinajstić information content (AvgIpc) is 1.82. The molecule has 1 aromatic heterocycles. The zero-order valence-corrected chi connectivity index (χ0v) is 7.29. The SMILES string of the molecule is Cc1ccnc(S(F)(F)(F)(F)F)c1. The lowest BCUT2D eigenvalue weighted by molar-refractivity contribution is 0.358. The maximum absolute atomic E-state index is 12.1. The molecule has 76 valence electrons. The lowest BCUT2D eigenvalue weighted by Gasteiger charge is -2.39. The summed E-state index contributed by atoms with van der Waals surface area (Å²) in [5.41, 5.74) is 0.0956. The molecule has 0 aliphatic heterocycles. The second-order valence-electron chi connectivity index (χ2n) is 2.64. The Kier molecular flexibility index (Phi) is 1.55. The Balaban J connectivity index is 3.41. The van der Waals surface area contributed by atoms with Crippen LogP contribution < -0.4 is 0 Å². The molecule has 0 fully saturated rings. The van der Waals surface area contributed by atoms with Crippen LogP contribution >= 0.6 is 10.2 Å². The van der Waals surface area contributed by atoms with Crippen LogP contribution in [0.4, 0.5) is 19.4 Å². The predicted octanol–water partition coefficient (Wildman–Crippen LogP) is 4.05. The van der Waals surface area contributed by atoms with Crippen molar-refractivity contribution in [2.75, 3.05) is 0 Å². The van der Waals surface area contributed by atoms with Crippen molar-refractivity contribution in [2.24, 2.45) is 0 Å². The lowest BCUT2D eigenvalue weighted by Crippen LogP contribution is -2.08. The summed E-state index contributed by atoms with van der Waals surface area (Å²) >= 11 is 0. The molecule has 0 N–H and O–H groups in total. The fourth-order valence-corrected chi connectivity index (χ4v) is 1.39. The van der Waals surface area contributed by atoms with Crippen molar-refractivity contribution >= 4 is 10.2 Å². The minimum Gasteiger partial charge on any atom is -0.241 e. The highest BCUT2D eigenvalue weighted by atomic mass is 32.5. The zero-order chi connectivity index (χ0) is 10.4. The van der Waals surface area contributed by atoms with E-state index in [1.807, 2.05) is 0 Å². The number of hydrogen-bond donors (Lipinski definition) is 0. The van der Waals surface area contributed by atoms with E-state index in [0.29, 0.717) is 12.3 Å². The quantitative estimate of drug-likeness (QED) is 0.649. The molecule has 0 amide bonds. The van der Waals surface area contributed by atoms with E-state index in [9.17, 15) is 19.4 Å². The summed E-state index contributed by atoms with van der Waals surface area (Å²) in [6, 6.07) is 1.55. The van der Waals surface area contributed by atoms with Gasteiger partial charge in [-0.1, -0.05) is 19.4 Å². The molecule has 0 aliphatic rings. The summed E-state index contributed by atoms with van der Waals surface area (Å²) in [4.78, 5) is 2.63. The van der Waals surface area contributed by atoms with Crippen LogP contribution in [0.3, 0.4) is 0 Å². The van der Waals surface area contributed by atoms with Crippen LogP contribution in [0, 0.1) is 6.92 Å². The summed E-state index contributed by atoms with van der Waals surface area (Å²) in [5, 5.41) is -2.08. The van der Waals surface area contributed by atoms with Gasteiger partial charge < -0.3 is 0 Å². The molecule has 0 aliphatic carbocycles. The van der Waals surface area contributed by atoms with Gasteiger partial charge in [-0.2, -0.15) is 0 Å². The van der Waals surface area contributed by atoms with Gasteiger partial charge in [0.2, 0.25) is 0 Å². The maximum atomic E-state index is 12.1. The largest absolute Gasteiger partial charge is 0.325 e. The fraction of sp³-hybridized carbons (Fsp3) is 0.167. The third kappa shape index (κ3) is 2.55. The Morgan fingerprint density at radius 1 is 1.15 bits per heavy atom. The topological polar surface area (TPSA) is 12.9 Å². The number of pyridine rings is 1. The van der Waals surface area contributed by atoms with Crippen LogP contribution in [0.25, 0.3) is 0 Å². The molecule has 0 atom stereocenters. The van der Waals surface area contributed by atoms with Gasteiger partial charge in [-0.05, 0) is 24.6 Å². The highest BCUT2D eigenvalue weighted by Crippen LogP contribution is 3.01. The van der Waals surface area contributed by atoms with Gasteiger partial charge in [-0.3, -0.25) is 0 Å². The standard InChI is InChI=1S/C6H6F5NS/c1-5-2-3-12-6(4-5)13(7,8,9,10)11/h2-4H,1H3. The van der Waals surface area contributed by atoms with E-state index < -0.39 is 15.3 Å². The van der Waals surface area contributed by atoms with Crippen LogP contribution in [-0.2, 0) is 0 Å². The Labute approximate surface area is 71.3 Å². The normalized spacial score (nSPS) is 17.7. The Morgan fingerprint density at radius 3 is 2.00 bits per heavy atom. The predicted molar refractivity (Wildman–Crippen MR) is 40.4 cm³/mol. The van der Waals surface area contributed by atoms with Crippen LogP contribution in [0.5, 0.6) is 0 Å². The molecule has 1 aromatic rings.